The minimum absolute atomic E-state index is 0.0134. The molecule has 0 spiro atoms. The molecule has 1 unspecified atom stereocenters. The number of amidine groups is 1. The van der Waals surface area contributed by atoms with Gasteiger partial charge >= 0.3 is 0 Å². The van der Waals surface area contributed by atoms with Crippen LogP contribution in [0.25, 0.3) is 5.76 Å². The van der Waals surface area contributed by atoms with Gasteiger partial charge in [-0.15, -0.1) is 0 Å². The molecule has 6 heteroatoms. The van der Waals surface area contributed by atoms with E-state index in [1.807, 2.05) is 52.0 Å². The van der Waals surface area contributed by atoms with Crippen LogP contribution in [0.1, 0.15) is 54.9 Å². The highest BCUT2D eigenvalue weighted by atomic mass is 35.5. The van der Waals surface area contributed by atoms with Gasteiger partial charge in [-0.2, -0.15) is 0 Å². The third-order valence-corrected chi connectivity index (χ3v) is 7.84. The van der Waals surface area contributed by atoms with E-state index >= 15 is 4.39 Å². The van der Waals surface area contributed by atoms with Gasteiger partial charge in [-0.05, 0) is 49.4 Å². The topological polar surface area (TPSA) is 64.4 Å². The van der Waals surface area contributed by atoms with E-state index in [1.165, 1.54) is 6.07 Å². The molecule has 0 fully saturated rings. The van der Waals surface area contributed by atoms with Crippen molar-refractivity contribution in [2.75, 3.05) is 4.90 Å². The Kier molecular flexibility index (Phi) is 6.52. The van der Waals surface area contributed by atoms with E-state index in [0.717, 1.165) is 11.1 Å². The molecule has 0 radical (unpaired) electrons. The number of allylic oxidation sites excluding steroid dienone is 2. The Morgan fingerprint density at radius 3 is 2.39 bits per heavy atom. The zero-order valence-corrected chi connectivity index (χ0v) is 22.7. The van der Waals surface area contributed by atoms with Crippen LogP contribution in [0, 0.1) is 30.5 Å². The summed E-state index contributed by atoms with van der Waals surface area (Å²) in [7, 11) is 0. The minimum Gasteiger partial charge on any atom is -0.507 e. The van der Waals surface area contributed by atoms with Crippen molar-refractivity contribution in [1.82, 2.24) is 0 Å². The number of ketones is 1. The van der Waals surface area contributed by atoms with Crippen LogP contribution in [-0.2, 0) is 4.79 Å². The first-order chi connectivity index (χ1) is 18.0. The molecule has 1 aliphatic heterocycles. The van der Waals surface area contributed by atoms with Gasteiger partial charge in [0.25, 0.3) is 0 Å². The second-order valence-corrected chi connectivity index (χ2v) is 11.4. The second kappa shape index (κ2) is 9.55. The lowest BCUT2D eigenvalue weighted by Gasteiger charge is -2.45. The maximum absolute atomic E-state index is 15.4. The minimum atomic E-state index is -0.930. The smallest absolute Gasteiger partial charge is 0.162 e. The average molecular weight is 529 g/mol. The van der Waals surface area contributed by atoms with Crippen LogP contribution in [0.15, 0.2) is 83.6 Å². The number of nitrogens with one attached hydrogen (secondary N) is 1. The molecular formula is C32H30ClFN2O2. The summed E-state index contributed by atoms with van der Waals surface area (Å²) in [6.07, 6.45) is 0.788. The normalized spacial score (nSPS) is 20.5. The fourth-order valence-electron chi connectivity index (χ4n) is 5.51. The predicted octanol–water partition coefficient (Wildman–Crippen LogP) is 8.29. The number of hydrogen-bond acceptors (Lipinski definition) is 3. The van der Waals surface area contributed by atoms with Crippen LogP contribution in [0.2, 0.25) is 5.02 Å². The number of nitrogens with zero attached hydrogens (tertiary/aromatic N) is 1. The van der Waals surface area contributed by atoms with E-state index in [4.69, 9.17) is 11.6 Å². The van der Waals surface area contributed by atoms with E-state index in [-0.39, 0.29) is 40.4 Å². The molecule has 0 aromatic heterocycles. The van der Waals surface area contributed by atoms with E-state index in [0.29, 0.717) is 34.0 Å². The monoisotopic (exact) mass is 528 g/mol. The Bertz CT molecular complexity index is 1540. The molecular weight excluding hydrogens is 499 g/mol. The Morgan fingerprint density at radius 2 is 1.74 bits per heavy atom. The SMILES string of the molecule is Cc1ccc(/C(O)=C2\C(=N)N(c3ccc(C)c(Cl)c3)C3=C(C(=O)CC(C)(C)C3)C2c2ccccc2F)cc1. The van der Waals surface area contributed by atoms with E-state index in [2.05, 4.69) is 0 Å². The molecule has 2 aliphatic rings. The highest BCUT2D eigenvalue weighted by Gasteiger charge is 2.47. The van der Waals surface area contributed by atoms with Gasteiger partial charge in [0, 0.05) is 51.0 Å². The number of anilines is 1. The zero-order valence-electron chi connectivity index (χ0n) is 21.9. The van der Waals surface area contributed by atoms with Crippen LogP contribution >= 0.6 is 11.6 Å². The summed E-state index contributed by atoms with van der Waals surface area (Å²) >= 11 is 6.50. The quantitative estimate of drug-likeness (QED) is 0.336. The van der Waals surface area contributed by atoms with Crippen molar-refractivity contribution in [2.45, 2.75) is 46.5 Å². The lowest BCUT2D eigenvalue weighted by molar-refractivity contribution is -0.118. The number of benzene rings is 3. The molecule has 1 aliphatic carbocycles. The number of halogens is 2. The third-order valence-electron chi connectivity index (χ3n) is 7.43. The van der Waals surface area contributed by atoms with Gasteiger partial charge < -0.3 is 5.11 Å². The zero-order chi connectivity index (χ0) is 27.4. The van der Waals surface area contributed by atoms with E-state index in [1.54, 1.807) is 41.3 Å². The lowest BCUT2D eigenvalue weighted by Crippen LogP contribution is -2.45. The molecule has 0 amide bonds. The maximum atomic E-state index is 15.4. The van der Waals surface area contributed by atoms with Gasteiger partial charge in [0.1, 0.15) is 17.4 Å². The fraction of sp³-hybridized carbons (Fsp3) is 0.250. The number of aliphatic hydroxyl groups is 1. The molecule has 3 aromatic rings. The fourth-order valence-corrected chi connectivity index (χ4v) is 5.68. The Morgan fingerprint density at radius 1 is 1.05 bits per heavy atom. The Hall–Kier alpha value is -3.70. The number of hydrogen-bond donors (Lipinski definition) is 2. The van der Waals surface area contributed by atoms with Crippen LogP contribution < -0.4 is 4.90 Å². The van der Waals surface area contributed by atoms with Crippen LogP contribution in [-0.4, -0.2) is 16.7 Å². The molecule has 4 nitrogen and oxygen atoms in total. The predicted molar refractivity (Wildman–Crippen MR) is 151 cm³/mol. The van der Waals surface area contributed by atoms with Crippen LogP contribution in [0.4, 0.5) is 10.1 Å². The van der Waals surface area contributed by atoms with Crippen molar-refractivity contribution in [3.8, 4) is 0 Å². The van der Waals surface area contributed by atoms with Crippen molar-refractivity contribution in [3.63, 3.8) is 0 Å². The molecule has 2 N–H and O–H groups in total. The standard InChI is InChI=1S/C32H30ClFN2O2/c1-18-9-12-20(13-10-18)30(38)29-27(22-7-5-6-8-24(22)34)28-25(16-32(3,4)17-26(28)37)36(31(29)35)21-14-11-19(2)23(33)15-21/h5-15,27,35,38H,16-17H2,1-4H3/b30-29+,35-31?. The molecule has 1 heterocycles. The molecule has 3 aromatic carbocycles. The number of aryl methyl sites for hydroxylation is 2. The summed E-state index contributed by atoms with van der Waals surface area (Å²) in [6, 6.07) is 19.1. The number of carbonyl (C=O) groups excluding carboxylic acids is 1. The summed E-state index contributed by atoms with van der Waals surface area (Å²) in [5.74, 6) is -1.71. The van der Waals surface area contributed by atoms with Crippen molar-refractivity contribution in [1.29, 1.82) is 5.41 Å². The van der Waals surface area contributed by atoms with Gasteiger partial charge in [0.2, 0.25) is 0 Å². The molecule has 0 saturated carbocycles. The summed E-state index contributed by atoms with van der Waals surface area (Å²) in [4.78, 5) is 15.6. The number of Topliss-reactive ketones (excluding diaryl/α,β-unsaturated/α-hetero) is 1. The first kappa shape index (κ1) is 25.9. The second-order valence-electron chi connectivity index (χ2n) is 11.0. The van der Waals surface area contributed by atoms with Gasteiger partial charge in [-0.1, -0.05) is 79.5 Å². The van der Waals surface area contributed by atoms with Gasteiger partial charge in [0.05, 0.1) is 0 Å². The molecule has 1 atom stereocenters. The summed E-state index contributed by atoms with van der Waals surface area (Å²) in [5, 5.41) is 21.7. The summed E-state index contributed by atoms with van der Waals surface area (Å²) in [6.45, 7) is 7.88. The van der Waals surface area contributed by atoms with E-state index < -0.39 is 11.7 Å². The molecule has 0 bridgehead atoms. The maximum Gasteiger partial charge on any atom is 0.162 e. The van der Waals surface area contributed by atoms with Crippen molar-refractivity contribution >= 4 is 34.7 Å². The highest BCUT2D eigenvalue weighted by Crippen LogP contribution is 2.51. The van der Waals surface area contributed by atoms with Gasteiger partial charge in [-0.3, -0.25) is 15.1 Å². The largest absolute Gasteiger partial charge is 0.507 e. The number of aliphatic hydroxyl groups excluding tert-OH is 1. The van der Waals surface area contributed by atoms with Crippen LogP contribution in [0.5, 0.6) is 0 Å². The van der Waals surface area contributed by atoms with Crippen molar-refractivity contribution in [2.24, 2.45) is 5.41 Å². The van der Waals surface area contributed by atoms with Crippen molar-refractivity contribution in [3.05, 3.63) is 117 Å². The molecule has 5 rings (SSSR count). The molecule has 194 valence electrons. The van der Waals surface area contributed by atoms with E-state index in [9.17, 15) is 15.3 Å². The third kappa shape index (κ3) is 4.45. The van der Waals surface area contributed by atoms with Gasteiger partial charge in [-0.25, -0.2) is 4.39 Å². The molecule has 38 heavy (non-hydrogen) atoms. The van der Waals surface area contributed by atoms with Gasteiger partial charge in [0.15, 0.2) is 5.78 Å². The highest BCUT2D eigenvalue weighted by molar-refractivity contribution is 6.32. The lowest BCUT2D eigenvalue weighted by atomic mass is 9.67. The summed E-state index contributed by atoms with van der Waals surface area (Å²) < 4.78 is 15.4. The summed E-state index contributed by atoms with van der Waals surface area (Å²) in [5.41, 5.74) is 4.15. The Balaban J connectivity index is 1.87. The first-order valence-electron chi connectivity index (χ1n) is 12.6. The van der Waals surface area contributed by atoms with Crippen molar-refractivity contribution < 1.29 is 14.3 Å². The molecule has 0 saturated heterocycles. The van der Waals surface area contributed by atoms with Crippen LogP contribution in [0.3, 0.4) is 0 Å². The number of rotatable bonds is 3. The number of carbonyl (C=O) groups is 1. The first-order valence-corrected chi connectivity index (χ1v) is 13.0. The Labute approximate surface area is 227 Å². The average Bonchev–Trinajstić information content (AvgIpc) is 2.85.